The summed E-state index contributed by atoms with van der Waals surface area (Å²) >= 11 is 3.29. The smallest absolute Gasteiger partial charge is 0.125 e. The highest BCUT2D eigenvalue weighted by atomic mass is 79.9. The highest BCUT2D eigenvalue weighted by Crippen LogP contribution is 2.27. The first-order valence-electron chi connectivity index (χ1n) is 5.12. The Morgan fingerprint density at radius 2 is 1.94 bits per heavy atom. The number of nitrogens with two attached hydrogens (primary N) is 1. The molecule has 3 N–H and O–H groups in total. The number of halogens is 2. The number of rotatable bonds is 2. The van der Waals surface area contributed by atoms with Gasteiger partial charge in [0.1, 0.15) is 11.9 Å². The summed E-state index contributed by atoms with van der Waals surface area (Å²) < 4.78 is 13.9. The van der Waals surface area contributed by atoms with Gasteiger partial charge in [-0.05, 0) is 36.4 Å². The average molecular weight is 306 g/mol. The molecule has 0 radical (unpaired) electrons. The predicted molar refractivity (Wildman–Crippen MR) is 73.0 cm³/mol. The fraction of sp³-hybridized carbons (Fsp3) is 0. The van der Waals surface area contributed by atoms with Crippen molar-refractivity contribution in [2.45, 2.75) is 0 Å². The second-order valence-electron chi connectivity index (χ2n) is 3.66. The third-order valence-electron chi connectivity index (χ3n) is 2.39. The van der Waals surface area contributed by atoms with Crippen molar-refractivity contribution in [1.82, 2.24) is 0 Å². The largest absolute Gasteiger partial charge is 0.397 e. The lowest BCUT2D eigenvalue weighted by molar-refractivity contribution is 0.628. The van der Waals surface area contributed by atoms with Gasteiger partial charge in [-0.25, -0.2) is 4.39 Å². The van der Waals surface area contributed by atoms with Crippen LogP contribution in [0.3, 0.4) is 0 Å². The van der Waals surface area contributed by atoms with E-state index < -0.39 is 0 Å². The standard InChI is InChI=1S/C13H9BrFN3/c14-9-1-4-12(8(5-9)7-16)18-13-6-10(15)2-3-11(13)17/h1-6,18H,17H2. The molecule has 0 aliphatic rings. The topological polar surface area (TPSA) is 61.8 Å². The van der Waals surface area contributed by atoms with Gasteiger partial charge in [0, 0.05) is 4.47 Å². The Kier molecular flexibility index (Phi) is 3.49. The van der Waals surface area contributed by atoms with E-state index in [2.05, 4.69) is 27.3 Å². The molecule has 5 heteroatoms. The number of nitrogens with one attached hydrogen (secondary N) is 1. The number of hydrogen-bond acceptors (Lipinski definition) is 3. The Hall–Kier alpha value is -2.06. The maximum Gasteiger partial charge on any atom is 0.125 e. The predicted octanol–water partition coefficient (Wildman–Crippen LogP) is 3.79. The fourth-order valence-electron chi connectivity index (χ4n) is 1.50. The molecule has 0 amide bonds. The monoisotopic (exact) mass is 305 g/mol. The van der Waals surface area contributed by atoms with E-state index in [1.807, 2.05) is 0 Å². The highest BCUT2D eigenvalue weighted by Gasteiger charge is 2.06. The molecule has 2 aromatic carbocycles. The van der Waals surface area contributed by atoms with Crippen LogP contribution in [0.1, 0.15) is 5.56 Å². The van der Waals surface area contributed by atoms with E-state index in [0.29, 0.717) is 22.6 Å². The van der Waals surface area contributed by atoms with Gasteiger partial charge < -0.3 is 11.1 Å². The molecule has 0 spiro atoms. The molecule has 0 saturated carbocycles. The first-order valence-corrected chi connectivity index (χ1v) is 5.91. The lowest BCUT2D eigenvalue weighted by atomic mass is 10.2. The zero-order chi connectivity index (χ0) is 13.1. The highest BCUT2D eigenvalue weighted by molar-refractivity contribution is 9.10. The number of nitrogens with zero attached hydrogens (tertiary/aromatic N) is 1. The normalized spacial score (nSPS) is 9.83. The molecule has 0 unspecified atom stereocenters. The van der Waals surface area contributed by atoms with Crippen LogP contribution in [0, 0.1) is 17.1 Å². The van der Waals surface area contributed by atoms with Gasteiger partial charge in [-0.15, -0.1) is 0 Å². The van der Waals surface area contributed by atoms with Crippen LogP contribution in [-0.2, 0) is 0 Å². The molecule has 0 atom stereocenters. The zero-order valence-corrected chi connectivity index (χ0v) is 10.8. The van der Waals surface area contributed by atoms with Crippen molar-refractivity contribution < 1.29 is 4.39 Å². The average Bonchev–Trinajstić information content (AvgIpc) is 2.36. The van der Waals surface area contributed by atoms with Crippen LogP contribution in [0.15, 0.2) is 40.9 Å². The summed E-state index contributed by atoms with van der Waals surface area (Å²) in [5.74, 6) is -0.387. The Morgan fingerprint density at radius 1 is 1.17 bits per heavy atom. The minimum Gasteiger partial charge on any atom is -0.397 e. The Labute approximate surface area is 112 Å². The van der Waals surface area contributed by atoms with E-state index in [1.165, 1.54) is 18.2 Å². The van der Waals surface area contributed by atoms with E-state index in [9.17, 15) is 4.39 Å². The number of hydrogen-bond donors (Lipinski definition) is 2. The van der Waals surface area contributed by atoms with Gasteiger partial charge >= 0.3 is 0 Å². The Morgan fingerprint density at radius 3 is 2.67 bits per heavy atom. The number of benzene rings is 2. The van der Waals surface area contributed by atoms with Crippen molar-refractivity contribution >= 4 is 33.0 Å². The Bertz CT molecular complexity index is 635. The summed E-state index contributed by atoms with van der Waals surface area (Å²) in [6.07, 6.45) is 0. The van der Waals surface area contributed by atoms with Gasteiger partial charge in [-0.2, -0.15) is 5.26 Å². The van der Waals surface area contributed by atoms with E-state index in [-0.39, 0.29) is 5.82 Å². The first kappa shape index (κ1) is 12.4. The fourth-order valence-corrected chi connectivity index (χ4v) is 1.86. The third-order valence-corrected chi connectivity index (χ3v) is 2.88. The van der Waals surface area contributed by atoms with Crippen LogP contribution in [-0.4, -0.2) is 0 Å². The van der Waals surface area contributed by atoms with Gasteiger partial charge in [0.15, 0.2) is 0 Å². The minimum atomic E-state index is -0.387. The van der Waals surface area contributed by atoms with Gasteiger partial charge in [-0.1, -0.05) is 15.9 Å². The van der Waals surface area contributed by atoms with Gasteiger partial charge in [0.2, 0.25) is 0 Å². The Balaban J connectivity index is 2.40. The molecule has 3 nitrogen and oxygen atoms in total. The SMILES string of the molecule is N#Cc1cc(Br)ccc1Nc1cc(F)ccc1N. The second-order valence-corrected chi connectivity index (χ2v) is 4.57. The molecule has 0 fully saturated rings. The molecule has 18 heavy (non-hydrogen) atoms. The molecule has 0 bridgehead atoms. The lowest BCUT2D eigenvalue weighted by Crippen LogP contribution is -1.98. The molecule has 0 heterocycles. The van der Waals surface area contributed by atoms with Crippen molar-refractivity contribution in [3.8, 4) is 6.07 Å². The van der Waals surface area contributed by atoms with Gasteiger partial charge in [0.05, 0.1) is 22.6 Å². The van der Waals surface area contributed by atoms with Crippen LogP contribution in [0.5, 0.6) is 0 Å². The van der Waals surface area contributed by atoms with Crippen molar-refractivity contribution in [2.24, 2.45) is 0 Å². The van der Waals surface area contributed by atoms with E-state index in [4.69, 9.17) is 11.0 Å². The number of nitrogen functional groups attached to an aromatic ring is 1. The maximum absolute atomic E-state index is 13.1. The van der Waals surface area contributed by atoms with Crippen LogP contribution < -0.4 is 11.1 Å². The summed E-state index contributed by atoms with van der Waals surface area (Å²) in [6.45, 7) is 0. The number of anilines is 3. The molecular formula is C13H9BrFN3. The van der Waals surface area contributed by atoms with Crippen molar-refractivity contribution in [1.29, 1.82) is 5.26 Å². The van der Waals surface area contributed by atoms with Gasteiger partial charge in [0.25, 0.3) is 0 Å². The summed E-state index contributed by atoms with van der Waals surface area (Å²) in [5, 5.41) is 12.0. The zero-order valence-electron chi connectivity index (χ0n) is 9.24. The second kappa shape index (κ2) is 5.07. The summed E-state index contributed by atoms with van der Waals surface area (Å²) in [6, 6.07) is 11.3. The summed E-state index contributed by atoms with van der Waals surface area (Å²) in [4.78, 5) is 0. The third kappa shape index (κ3) is 2.60. The van der Waals surface area contributed by atoms with E-state index in [1.54, 1.807) is 18.2 Å². The first-order chi connectivity index (χ1) is 8.60. The maximum atomic E-state index is 13.1. The van der Waals surface area contributed by atoms with Crippen LogP contribution in [0.25, 0.3) is 0 Å². The van der Waals surface area contributed by atoms with E-state index in [0.717, 1.165) is 4.47 Å². The van der Waals surface area contributed by atoms with Crippen molar-refractivity contribution in [3.05, 3.63) is 52.3 Å². The van der Waals surface area contributed by atoms with Crippen molar-refractivity contribution in [2.75, 3.05) is 11.1 Å². The summed E-state index contributed by atoms with van der Waals surface area (Å²) in [5.41, 5.74) is 7.63. The lowest BCUT2D eigenvalue weighted by Gasteiger charge is -2.11. The summed E-state index contributed by atoms with van der Waals surface area (Å²) in [7, 11) is 0. The van der Waals surface area contributed by atoms with Crippen LogP contribution >= 0.6 is 15.9 Å². The van der Waals surface area contributed by atoms with Crippen LogP contribution in [0.2, 0.25) is 0 Å². The quantitative estimate of drug-likeness (QED) is 0.830. The molecular weight excluding hydrogens is 297 g/mol. The molecule has 90 valence electrons. The molecule has 2 aromatic rings. The minimum absolute atomic E-state index is 0.387. The van der Waals surface area contributed by atoms with Crippen LogP contribution in [0.4, 0.5) is 21.5 Å². The van der Waals surface area contributed by atoms with Gasteiger partial charge in [-0.3, -0.25) is 0 Å². The molecule has 2 rings (SSSR count). The van der Waals surface area contributed by atoms with Crippen molar-refractivity contribution in [3.63, 3.8) is 0 Å². The number of nitriles is 1. The molecule has 0 saturated heterocycles. The molecule has 0 aromatic heterocycles. The molecule has 0 aliphatic heterocycles. The molecule has 0 aliphatic carbocycles. The van der Waals surface area contributed by atoms with E-state index >= 15 is 0 Å².